The number of nitrogens with zero attached hydrogens (tertiary/aromatic N) is 2. The summed E-state index contributed by atoms with van der Waals surface area (Å²) in [6.45, 7) is 7.54. The van der Waals surface area contributed by atoms with E-state index >= 15 is 0 Å². The Morgan fingerprint density at radius 1 is 1.11 bits per heavy atom. The first-order valence-corrected chi connectivity index (χ1v) is 13.9. The van der Waals surface area contributed by atoms with Crippen molar-refractivity contribution in [2.75, 3.05) is 13.2 Å². The second kappa shape index (κ2) is 9.36. The third kappa shape index (κ3) is 3.99. The van der Waals surface area contributed by atoms with E-state index in [4.69, 9.17) is 23.3 Å². The Morgan fingerprint density at radius 3 is 2.49 bits per heavy atom. The molecule has 0 bridgehead atoms. The number of rotatable bonds is 8. The van der Waals surface area contributed by atoms with Crippen LogP contribution >= 0.6 is 7.82 Å². The van der Waals surface area contributed by atoms with E-state index in [2.05, 4.69) is 0 Å². The molecule has 1 N–H and O–H groups in total. The molecular formula is C26H29N2O8P. The van der Waals surface area contributed by atoms with Gasteiger partial charge in [-0.05, 0) is 56.5 Å². The van der Waals surface area contributed by atoms with E-state index in [1.807, 2.05) is 6.92 Å². The highest BCUT2D eigenvalue weighted by Crippen LogP contribution is 2.50. The highest BCUT2D eigenvalue weighted by atomic mass is 31.2. The van der Waals surface area contributed by atoms with Gasteiger partial charge in [-0.2, -0.15) is 0 Å². The summed E-state index contributed by atoms with van der Waals surface area (Å²) in [5.74, 6) is -0.435. The molecule has 2 aliphatic heterocycles. The van der Waals surface area contributed by atoms with Crippen LogP contribution in [-0.4, -0.2) is 33.8 Å². The van der Waals surface area contributed by atoms with Crippen molar-refractivity contribution in [3.05, 3.63) is 56.9 Å². The van der Waals surface area contributed by atoms with E-state index in [1.54, 1.807) is 49.6 Å². The zero-order chi connectivity index (χ0) is 26.5. The van der Waals surface area contributed by atoms with Crippen LogP contribution in [0.5, 0.6) is 5.75 Å². The van der Waals surface area contributed by atoms with Gasteiger partial charge < -0.3 is 18.9 Å². The maximum atomic E-state index is 13.5. The molecule has 2 aliphatic rings. The molecule has 3 aromatic rings. The Kier molecular flexibility index (Phi) is 6.48. The van der Waals surface area contributed by atoms with Crippen molar-refractivity contribution in [3.63, 3.8) is 0 Å². The molecular weight excluding hydrogens is 499 g/mol. The molecule has 0 unspecified atom stereocenters. The van der Waals surface area contributed by atoms with Gasteiger partial charge in [0.05, 0.1) is 42.2 Å². The van der Waals surface area contributed by atoms with Crippen LogP contribution in [0.4, 0.5) is 0 Å². The molecule has 0 radical (unpaired) electrons. The van der Waals surface area contributed by atoms with Gasteiger partial charge in [-0.15, -0.1) is 0 Å². The van der Waals surface area contributed by atoms with Crippen molar-refractivity contribution < 1.29 is 32.8 Å². The molecule has 4 heterocycles. The summed E-state index contributed by atoms with van der Waals surface area (Å²) < 4.78 is 35.8. The van der Waals surface area contributed by atoms with Crippen molar-refractivity contribution in [2.45, 2.75) is 59.3 Å². The molecule has 0 saturated carbocycles. The number of esters is 1. The fourth-order valence-electron chi connectivity index (χ4n) is 5.14. The van der Waals surface area contributed by atoms with E-state index in [1.165, 1.54) is 0 Å². The van der Waals surface area contributed by atoms with Crippen molar-refractivity contribution in [1.29, 1.82) is 0 Å². The van der Waals surface area contributed by atoms with Crippen LogP contribution < -0.4 is 10.1 Å². The van der Waals surface area contributed by atoms with Crippen LogP contribution in [0.15, 0.2) is 29.1 Å². The minimum absolute atomic E-state index is 0.0794. The molecule has 1 aromatic carbocycles. The fraction of sp³-hybridized carbons (Fsp3) is 0.423. The van der Waals surface area contributed by atoms with Gasteiger partial charge in [-0.3, -0.25) is 13.8 Å². The number of cyclic esters (lactones) is 1. The number of phosphoric acid groups is 1. The number of pyridine rings is 2. The predicted octanol–water partition coefficient (Wildman–Crippen LogP) is 4.20. The van der Waals surface area contributed by atoms with Gasteiger partial charge in [-0.25, -0.2) is 14.3 Å². The van der Waals surface area contributed by atoms with Crippen molar-refractivity contribution >= 4 is 24.7 Å². The minimum Gasteiger partial charge on any atom is -0.458 e. The lowest BCUT2D eigenvalue weighted by Gasteiger charge is -2.31. The lowest BCUT2D eigenvalue weighted by atomic mass is 9.86. The number of aliphatic hydroxyl groups is 1. The number of ether oxygens (including phenoxy) is 1. The van der Waals surface area contributed by atoms with Gasteiger partial charge in [0.2, 0.25) is 0 Å². The van der Waals surface area contributed by atoms with E-state index in [-0.39, 0.29) is 42.9 Å². The number of carbonyl (C=O) groups is 1. The smallest absolute Gasteiger partial charge is 0.458 e. The Hall–Kier alpha value is -3.04. The molecule has 10 nitrogen and oxygen atoms in total. The highest BCUT2D eigenvalue weighted by Gasteiger charge is 2.45. The molecule has 37 heavy (non-hydrogen) atoms. The molecule has 2 aromatic heterocycles. The second-order valence-electron chi connectivity index (χ2n) is 8.93. The largest absolute Gasteiger partial charge is 0.530 e. The maximum absolute atomic E-state index is 13.5. The normalized spacial score (nSPS) is 18.4. The Balaban J connectivity index is 1.66. The zero-order valence-corrected chi connectivity index (χ0v) is 22.1. The Bertz CT molecular complexity index is 1520. The molecule has 196 valence electrons. The van der Waals surface area contributed by atoms with Gasteiger partial charge in [-0.1, -0.05) is 13.8 Å². The van der Waals surface area contributed by atoms with Crippen LogP contribution in [0.3, 0.4) is 0 Å². The van der Waals surface area contributed by atoms with Crippen LogP contribution in [0.1, 0.15) is 56.4 Å². The van der Waals surface area contributed by atoms with Gasteiger partial charge in [0.1, 0.15) is 12.4 Å². The standard InChI is InChI=1S/C26H29N2O8P/c1-5-16-17-11-15(36-37(32,34-7-3)35-8-4)9-10-21(17)27-23-18(16)13-28-22(23)12-20-19(24(28)29)14-33-25(30)26(20,31)6-2/h9-12,31H,5-8,13-14H2,1-4H3/t26-/m0/s1. The van der Waals surface area contributed by atoms with Gasteiger partial charge in [0.25, 0.3) is 5.56 Å². The SMILES string of the molecule is CCOP(=O)(OCC)Oc1ccc2nc3c(c(CC)c2c1)Cn1c-3cc2c(c1=O)COC(=O)[C@]2(O)CC. The highest BCUT2D eigenvalue weighted by molar-refractivity contribution is 7.48. The molecule has 0 saturated heterocycles. The monoisotopic (exact) mass is 528 g/mol. The summed E-state index contributed by atoms with van der Waals surface area (Å²) in [5, 5.41) is 11.9. The molecule has 0 spiro atoms. The summed E-state index contributed by atoms with van der Waals surface area (Å²) in [7, 11) is -3.77. The molecule has 0 aliphatic carbocycles. The second-order valence-corrected chi connectivity index (χ2v) is 10.5. The number of fused-ring (bicyclic) bond motifs is 5. The third-order valence-corrected chi connectivity index (χ3v) is 8.51. The fourth-order valence-corrected chi connectivity index (χ4v) is 6.32. The van der Waals surface area contributed by atoms with Crippen LogP contribution in [0.2, 0.25) is 0 Å². The molecule has 0 fully saturated rings. The first kappa shape index (κ1) is 25.6. The topological polar surface area (TPSA) is 126 Å². The minimum atomic E-state index is -3.77. The predicted molar refractivity (Wildman–Crippen MR) is 135 cm³/mol. The van der Waals surface area contributed by atoms with Crippen LogP contribution in [-0.2, 0) is 48.3 Å². The first-order valence-electron chi connectivity index (χ1n) is 12.4. The lowest BCUT2D eigenvalue weighted by molar-refractivity contribution is -0.172. The van der Waals surface area contributed by atoms with E-state index in [0.717, 1.165) is 16.5 Å². The summed E-state index contributed by atoms with van der Waals surface area (Å²) >= 11 is 0. The Labute approximate surface area is 213 Å². The molecule has 1 atom stereocenters. The summed E-state index contributed by atoms with van der Waals surface area (Å²) in [4.78, 5) is 30.7. The zero-order valence-electron chi connectivity index (χ0n) is 21.2. The quantitative estimate of drug-likeness (QED) is 0.264. The average Bonchev–Trinajstić information content (AvgIpc) is 3.24. The van der Waals surface area contributed by atoms with Gasteiger partial charge in [0.15, 0.2) is 5.60 Å². The Morgan fingerprint density at radius 2 is 1.84 bits per heavy atom. The number of carbonyl (C=O) groups excluding carboxylic acids is 1. The molecule has 5 rings (SSSR count). The number of aromatic nitrogens is 2. The summed E-state index contributed by atoms with van der Waals surface area (Å²) in [5.41, 5.74) is 2.05. The number of aryl methyl sites for hydroxylation is 1. The number of benzene rings is 1. The van der Waals surface area contributed by atoms with Crippen LogP contribution in [0, 0.1) is 0 Å². The first-order chi connectivity index (χ1) is 17.7. The summed E-state index contributed by atoms with van der Waals surface area (Å²) in [6.07, 6.45) is 0.721. The van der Waals surface area contributed by atoms with Gasteiger partial charge in [0, 0.05) is 16.5 Å². The van der Waals surface area contributed by atoms with Crippen molar-refractivity contribution in [3.8, 4) is 17.1 Å². The van der Waals surface area contributed by atoms with E-state index in [0.29, 0.717) is 35.6 Å². The number of phosphoric ester groups is 1. The average molecular weight is 528 g/mol. The van der Waals surface area contributed by atoms with E-state index in [9.17, 15) is 19.3 Å². The maximum Gasteiger partial charge on any atom is 0.530 e. The number of hydrogen-bond acceptors (Lipinski definition) is 9. The van der Waals surface area contributed by atoms with Crippen molar-refractivity contribution in [1.82, 2.24) is 9.55 Å². The molecule has 11 heteroatoms. The third-order valence-electron chi connectivity index (χ3n) is 6.92. The van der Waals surface area contributed by atoms with Crippen LogP contribution in [0.25, 0.3) is 22.3 Å². The molecule has 0 amide bonds. The number of hydrogen-bond donors (Lipinski definition) is 1. The van der Waals surface area contributed by atoms with Gasteiger partial charge >= 0.3 is 13.8 Å². The summed E-state index contributed by atoms with van der Waals surface area (Å²) in [6, 6.07) is 6.85. The lowest BCUT2D eigenvalue weighted by Crippen LogP contribution is -2.44. The van der Waals surface area contributed by atoms with E-state index < -0.39 is 19.4 Å². The van der Waals surface area contributed by atoms with Crippen molar-refractivity contribution in [2.24, 2.45) is 0 Å².